The highest BCUT2D eigenvalue weighted by molar-refractivity contribution is 5.84. The van der Waals surface area contributed by atoms with E-state index >= 15 is 0 Å². The first-order valence-corrected chi connectivity index (χ1v) is 11.8. The quantitative estimate of drug-likeness (QED) is 0.242. The molecule has 0 saturated carbocycles. The summed E-state index contributed by atoms with van der Waals surface area (Å²) in [7, 11) is 1.82. The number of rotatable bonds is 9. The van der Waals surface area contributed by atoms with Crippen LogP contribution in [0.4, 0.5) is 13.2 Å². The van der Waals surface area contributed by atoms with Gasteiger partial charge in [-0.1, -0.05) is 35.5 Å². The molecule has 0 atom stereocenters. The Morgan fingerprint density at radius 2 is 1.64 bits per heavy atom. The van der Waals surface area contributed by atoms with Gasteiger partial charge in [0.25, 0.3) is 0 Å². The number of nitrogens with zero attached hydrogens (tertiary/aromatic N) is 5. The Morgan fingerprint density at radius 1 is 0.972 bits per heavy atom. The van der Waals surface area contributed by atoms with Gasteiger partial charge < -0.3 is 9.57 Å². The fraction of sp³-hybridized carbons (Fsp3) is 0.385. The van der Waals surface area contributed by atoms with Crippen LogP contribution in [0.1, 0.15) is 22.4 Å². The summed E-state index contributed by atoms with van der Waals surface area (Å²) in [5.41, 5.74) is 1.82. The smallest absolute Gasteiger partial charge is 0.416 e. The van der Waals surface area contributed by atoms with Crippen LogP contribution in [0.5, 0.6) is 11.6 Å². The number of para-hydroxylation sites is 1. The molecule has 10 heteroatoms. The molecule has 1 aliphatic heterocycles. The van der Waals surface area contributed by atoms with Gasteiger partial charge in [-0.05, 0) is 36.8 Å². The van der Waals surface area contributed by atoms with E-state index in [-0.39, 0.29) is 0 Å². The van der Waals surface area contributed by atoms with Gasteiger partial charge in [0.05, 0.1) is 23.0 Å². The lowest BCUT2D eigenvalue weighted by atomic mass is 10.1. The van der Waals surface area contributed by atoms with Crippen molar-refractivity contribution in [3.05, 3.63) is 77.0 Å². The maximum Gasteiger partial charge on any atom is 0.416 e. The van der Waals surface area contributed by atoms with Crippen LogP contribution in [-0.4, -0.2) is 65.1 Å². The van der Waals surface area contributed by atoms with Crippen LogP contribution in [0.2, 0.25) is 0 Å². The molecule has 36 heavy (non-hydrogen) atoms. The largest absolute Gasteiger partial charge is 0.439 e. The van der Waals surface area contributed by atoms with Crippen LogP contribution < -0.4 is 4.74 Å². The molecule has 1 saturated heterocycles. The molecule has 0 radical (unpaired) electrons. The highest BCUT2D eigenvalue weighted by Crippen LogP contribution is 2.29. The van der Waals surface area contributed by atoms with Crippen LogP contribution in [0.15, 0.2) is 59.8 Å². The molecule has 1 fully saturated rings. The van der Waals surface area contributed by atoms with Crippen molar-refractivity contribution >= 4 is 6.21 Å². The van der Waals surface area contributed by atoms with Crippen LogP contribution >= 0.6 is 0 Å². The number of hydrogen-bond donors (Lipinski definition) is 0. The number of benzene rings is 2. The van der Waals surface area contributed by atoms with Gasteiger partial charge in [-0.25, -0.2) is 4.68 Å². The Labute approximate surface area is 208 Å². The molecule has 2 heterocycles. The molecular formula is C26H30F3N5O2. The summed E-state index contributed by atoms with van der Waals surface area (Å²) in [5, 5.41) is 8.54. The summed E-state index contributed by atoms with van der Waals surface area (Å²) < 4.78 is 45.8. The number of ether oxygens (including phenoxy) is 1. The highest BCUT2D eigenvalue weighted by atomic mass is 19.4. The van der Waals surface area contributed by atoms with Crippen molar-refractivity contribution in [2.75, 3.05) is 39.3 Å². The van der Waals surface area contributed by atoms with Crippen molar-refractivity contribution in [3.8, 4) is 11.6 Å². The number of piperazine rings is 1. The lowest BCUT2D eigenvalue weighted by Gasteiger charge is -2.34. The summed E-state index contributed by atoms with van der Waals surface area (Å²) in [5.74, 6) is 1.31. The topological polar surface area (TPSA) is 55.1 Å². The van der Waals surface area contributed by atoms with E-state index in [4.69, 9.17) is 9.57 Å². The van der Waals surface area contributed by atoms with E-state index in [9.17, 15) is 13.2 Å². The molecule has 0 spiro atoms. The Kier molecular flexibility index (Phi) is 8.27. The minimum Gasteiger partial charge on any atom is -0.439 e. The van der Waals surface area contributed by atoms with Gasteiger partial charge in [0, 0.05) is 46.3 Å². The molecule has 0 bridgehead atoms. The first-order valence-electron chi connectivity index (χ1n) is 11.8. The summed E-state index contributed by atoms with van der Waals surface area (Å²) in [6.45, 7) is 7.15. The van der Waals surface area contributed by atoms with E-state index in [0.29, 0.717) is 24.8 Å². The Morgan fingerprint density at radius 3 is 2.31 bits per heavy atom. The number of aryl methyl sites for hydroxylation is 2. The van der Waals surface area contributed by atoms with Gasteiger partial charge in [0.1, 0.15) is 12.4 Å². The number of alkyl halides is 3. The van der Waals surface area contributed by atoms with Crippen molar-refractivity contribution in [1.29, 1.82) is 0 Å². The van der Waals surface area contributed by atoms with Crippen molar-refractivity contribution in [2.24, 2.45) is 12.2 Å². The fourth-order valence-electron chi connectivity index (χ4n) is 4.06. The first kappa shape index (κ1) is 25.7. The van der Waals surface area contributed by atoms with Crippen molar-refractivity contribution in [1.82, 2.24) is 19.6 Å². The maximum atomic E-state index is 12.7. The van der Waals surface area contributed by atoms with E-state index in [1.54, 1.807) is 23.0 Å². The molecular weight excluding hydrogens is 471 g/mol. The number of aromatic nitrogens is 2. The molecule has 4 rings (SSSR count). The van der Waals surface area contributed by atoms with Gasteiger partial charge in [-0.3, -0.25) is 9.80 Å². The summed E-state index contributed by atoms with van der Waals surface area (Å²) in [6, 6.07) is 14.9. The van der Waals surface area contributed by atoms with Crippen molar-refractivity contribution < 1.29 is 22.7 Å². The van der Waals surface area contributed by atoms with Gasteiger partial charge in [-0.15, -0.1) is 0 Å². The highest BCUT2D eigenvalue weighted by Gasteiger charge is 2.30. The van der Waals surface area contributed by atoms with Gasteiger partial charge in [0.2, 0.25) is 5.88 Å². The molecule has 0 unspecified atom stereocenters. The zero-order chi connectivity index (χ0) is 25.5. The van der Waals surface area contributed by atoms with Crippen LogP contribution in [0, 0.1) is 6.92 Å². The van der Waals surface area contributed by atoms with Gasteiger partial charge >= 0.3 is 6.18 Å². The van der Waals surface area contributed by atoms with Crippen LogP contribution in [0.25, 0.3) is 0 Å². The molecule has 1 aromatic heterocycles. The average Bonchev–Trinajstić information content (AvgIpc) is 3.12. The minimum atomic E-state index is -4.30. The third kappa shape index (κ3) is 6.86. The van der Waals surface area contributed by atoms with E-state index in [2.05, 4.69) is 20.1 Å². The standard InChI is InChI=1S/C26H30F3N5O2/c1-20-24(25(32(2)31-20)36-23-6-4-3-5-7-23)18-30-35-17-16-33-12-14-34(15-13-33)19-21-8-10-22(11-9-21)26(27,28)29/h3-11,18H,12-17,19H2,1-2H3/b30-18+. The Balaban J connectivity index is 1.19. The lowest BCUT2D eigenvalue weighted by molar-refractivity contribution is -0.137. The Bertz CT molecular complexity index is 1140. The predicted molar refractivity (Wildman–Crippen MR) is 131 cm³/mol. The summed E-state index contributed by atoms with van der Waals surface area (Å²) in [6.07, 6.45) is -2.67. The predicted octanol–water partition coefficient (Wildman–Crippen LogP) is 4.71. The van der Waals surface area contributed by atoms with E-state index in [0.717, 1.165) is 61.7 Å². The molecule has 2 aromatic carbocycles. The number of oxime groups is 1. The van der Waals surface area contributed by atoms with E-state index in [1.165, 1.54) is 0 Å². The molecule has 0 aliphatic carbocycles. The van der Waals surface area contributed by atoms with Gasteiger partial charge in [-0.2, -0.15) is 18.3 Å². The number of hydrogen-bond acceptors (Lipinski definition) is 6. The summed E-state index contributed by atoms with van der Waals surface area (Å²) in [4.78, 5) is 10.0. The third-order valence-corrected chi connectivity index (χ3v) is 6.08. The zero-order valence-corrected chi connectivity index (χ0v) is 20.4. The number of halogens is 3. The zero-order valence-electron chi connectivity index (χ0n) is 20.4. The first-order chi connectivity index (χ1) is 17.3. The second-order valence-electron chi connectivity index (χ2n) is 8.72. The maximum absolute atomic E-state index is 12.7. The molecule has 192 valence electrons. The third-order valence-electron chi connectivity index (χ3n) is 6.08. The molecule has 0 amide bonds. The van der Waals surface area contributed by atoms with E-state index < -0.39 is 11.7 Å². The van der Waals surface area contributed by atoms with Gasteiger partial charge in [0.15, 0.2) is 0 Å². The Hall–Kier alpha value is -3.37. The fourth-order valence-corrected chi connectivity index (χ4v) is 4.06. The SMILES string of the molecule is Cc1nn(C)c(Oc2ccccc2)c1/C=N/OCCN1CCN(Cc2ccc(C(F)(F)F)cc2)CC1. The monoisotopic (exact) mass is 501 g/mol. The lowest BCUT2D eigenvalue weighted by Crippen LogP contribution is -2.46. The minimum absolute atomic E-state index is 0.448. The van der Waals surface area contributed by atoms with Crippen molar-refractivity contribution in [2.45, 2.75) is 19.6 Å². The van der Waals surface area contributed by atoms with E-state index in [1.807, 2.05) is 44.3 Å². The normalized spacial score (nSPS) is 15.5. The van der Waals surface area contributed by atoms with Crippen LogP contribution in [0.3, 0.4) is 0 Å². The second kappa shape index (κ2) is 11.6. The second-order valence-corrected chi connectivity index (χ2v) is 8.72. The average molecular weight is 502 g/mol. The molecule has 0 N–H and O–H groups in total. The molecule has 1 aliphatic rings. The molecule has 7 nitrogen and oxygen atoms in total. The van der Waals surface area contributed by atoms with Crippen molar-refractivity contribution in [3.63, 3.8) is 0 Å². The van der Waals surface area contributed by atoms with Crippen LogP contribution in [-0.2, 0) is 24.6 Å². The molecule has 3 aromatic rings. The summed E-state index contributed by atoms with van der Waals surface area (Å²) >= 11 is 0.